The van der Waals surface area contributed by atoms with E-state index >= 15 is 0 Å². The first-order chi connectivity index (χ1) is 14.3. The van der Waals surface area contributed by atoms with Crippen LogP contribution in [0.3, 0.4) is 0 Å². The second kappa shape index (κ2) is 8.48. The third kappa shape index (κ3) is 4.30. The molecule has 0 atom stereocenters. The van der Waals surface area contributed by atoms with E-state index in [4.69, 9.17) is 20.3 Å². The second-order valence-corrected chi connectivity index (χ2v) is 6.36. The first-order valence-electron chi connectivity index (χ1n) is 8.84. The van der Waals surface area contributed by atoms with Crippen LogP contribution in [0.1, 0.15) is 22.8 Å². The van der Waals surface area contributed by atoms with Crippen molar-refractivity contribution >= 4 is 35.3 Å². The minimum atomic E-state index is -1.10. The lowest BCUT2D eigenvalue weighted by atomic mass is 10.1. The van der Waals surface area contributed by atoms with Gasteiger partial charge in [0.25, 0.3) is 5.91 Å². The smallest absolute Gasteiger partial charge is 0.341 e. The summed E-state index contributed by atoms with van der Waals surface area (Å²) in [5, 5.41) is 14.3. The van der Waals surface area contributed by atoms with Gasteiger partial charge < -0.3 is 20.3 Å². The van der Waals surface area contributed by atoms with Gasteiger partial charge in [0.2, 0.25) is 5.91 Å². The summed E-state index contributed by atoms with van der Waals surface area (Å²) in [6.45, 7) is 1.22. The number of ether oxygens (including phenoxy) is 2. The summed E-state index contributed by atoms with van der Waals surface area (Å²) in [7, 11) is 1.44. The Morgan fingerprint density at radius 2 is 1.87 bits per heavy atom. The Hall–Kier alpha value is -4.14. The largest absolute Gasteiger partial charge is 0.493 e. The van der Waals surface area contributed by atoms with Gasteiger partial charge in [0.15, 0.2) is 18.1 Å². The maximum Gasteiger partial charge on any atom is 0.341 e. The van der Waals surface area contributed by atoms with E-state index in [1.165, 1.54) is 24.3 Å². The number of rotatable bonds is 7. The van der Waals surface area contributed by atoms with Gasteiger partial charge in [-0.3, -0.25) is 9.59 Å². The number of hydrogen-bond donors (Lipinski definition) is 2. The van der Waals surface area contributed by atoms with Crippen LogP contribution in [-0.4, -0.2) is 42.3 Å². The topological polar surface area (TPSA) is 132 Å². The highest BCUT2D eigenvalue weighted by atomic mass is 16.5. The molecule has 2 aromatic rings. The van der Waals surface area contributed by atoms with Crippen LogP contribution in [0.2, 0.25) is 0 Å². The van der Waals surface area contributed by atoms with E-state index in [9.17, 15) is 14.4 Å². The molecule has 0 unspecified atom stereocenters. The van der Waals surface area contributed by atoms with Crippen LogP contribution in [0.4, 0.5) is 5.69 Å². The quantitative estimate of drug-likeness (QED) is 0.673. The zero-order valence-electron chi connectivity index (χ0n) is 16.3. The molecule has 30 heavy (non-hydrogen) atoms. The van der Waals surface area contributed by atoms with Gasteiger partial charge in [0, 0.05) is 5.56 Å². The molecule has 2 amide bonds. The highest BCUT2D eigenvalue weighted by Crippen LogP contribution is 2.30. The van der Waals surface area contributed by atoms with Gasteiger partial charge in [0.05, 0.1) is 24.1 Å². The summed E-state index contributed by atoms with van der Waals surface area (Å²) in [6.07, 6.45) is 1.66. The van der Waals surface area contributed by atoms with Crippen molar-refractivity contribution in [2.24, 2.45) is 10.8 Å². The highest BCUT2D eigenvalue weighted by Gasteiger charge is 2.28. The van der Waals surface area contributed by atoms with Gasteiger partial charge in [-0.1, -0.05) is 6.07 Å². The van der Waals surface area contributed by atoms with E-state index in [0.717, 1.165) is 0 Å². The molecular weight excluding hydrogens is 390 g/mol. The number of aliphatic carboxylic acids is 1. The Morgan fingerprint density at radius 1 is 1.17 bits per heavy atom. The lowest BCUT2D eigenvalue weighted by molar-refractivity contribution is -0.139. The Kier molecular flexibility index (Phi) is 5.82. The number of amides is 2. The molecule has 0 spiro atoms. The Labute approximate surface area is 172 Å². The SMILES string of the molecule is COc1cc(/C=C2\C(=O)N(c3ccc(C(N)=O)cc3)N=C2C)ccc1OCC(=O)O. The van der Waals surface area contributed by atoms with E-state index in [1.807, 2.05) is 0 Å². The Balaban J connectivity index is 1.85. The van der Waals surface area contributed by atoms with E-state index in [-0.39, 0.29) is 11.7 Å². The van der Waals surface area contributed by atoms with Crippen molar-refractivity contribution in [3.63, 3.8) is 0 Å². The van der Waals surface area contributed by atoms with Gasteiger partial charge in [-0.25, -0.2) is 4.79 Å². The van der Waals surface area contributed by atoms with Crippen LogP contribution >= 0.6 is 0 Å². The summed E-state index contributed by atoms with van der Waals surface area (Å²) in [4.78, 5) is 34.8. The first-order valence-corrected chi connectivity index (χ1v) is 8.84. The molecule has 1 aliphatic heterocycles. The zero-order valence-corrected chi connectivity index (χ0v) is 16.3. The molecule has 0 aliphatic carbocycles. The molecule has 1 heterocycles. The molecule has 0 saturated carbocycles. The molecule has 9 heteroatoms. The summed E-state index contributed by atoms with van der Waals surface area (Å²) in [5.74, 6) is -1.37. The lowest BCUT2D eigenvalue weighted by Gasteiger charge is -2.12. The Morgan fingerprint density at radius 3 is 2.47 bits per heavy atom. The van der Waals surface area contributed by atoms with Crippen molar-refractivity contribution in [1.82, 2.24) is 0 Å². The number of nitrogens with zero attached hydrogens (tertiary/aromatic N) is 2. The minimum absolute atomic E-state index is 0.279. The predicted molar refractivity (Wildman–Crippen MR) is 110 cm³/mol. The molecule has 0 aromatic heterocycles. The Bertz CT molecular complexity index is 1070. The van der Waals surface area contributed by atoms with Crippen molar-refractivity contribution in [1.29, 1.82) is 0 Å². The van der Waals surface area contributed by atoms with E-state index in [1.54, 1.807) is 43.3 Å². The number of carbonyl (C=O) groups is 3. The zero-order chi connectivity index (χ0) is 21.8. The number of carboxylic acid groups (broad SMARTS) is 1. The fraction of sp³-hybridized carbons (Fsp3) is 0.143. The average molecular weight is 409 g/mol. The van der Waals surface area contributed by atoms with Crippen LogP contribution < -0.4 is 20.2 Å². The van der Waals surface area contributed by atoms with Gasteiger partial charge in [-0.15, -0.1) is 0 Å². The maximum absolute atomic E-state index is 12.9. The van der Waals surface area contributed by atoms with Crippen molar-refractivity contribution < 1.29 is 29.0 Å². The van der Waals surface area contributed by atoms with Gasteiger partial charge in [-0.2, -0.15) is 10.1 Å². The fourth-order valence-corrected chi connectivity index (χ4v) is 2.83. The van der Waals surface area contributed by atoms with E-state index in [0.29, 0.717) is 33.8 Å². The van der Waals surface area contributed by atoms with E-state index < -0.39 is 18.5 Å². The fourth-order valence-electron chi connectivity index (χ4n) is 2.83. The summed E-state index contributed by atoms with van der Waals surface area (Å²) in [5.41, 5.74) is 7.63. The molecule has 0 fully saturated rings. The standard InChI is InChI=1S/C21H19N3O6/c1-12-16(9-13-3-8-17(18(10-13)29-2)30-11-19(25)26)21(28)24(23-12)15-6-4-14(5-7-15)20(22)27/h3-10H,11H2,1-2H3,(H2,22,27)(H,25,26)/b16-9-. The van der Waals surface area contributed by atoms with E-state index in [2.05, 4.69) is 5.10 Å². The van der Waals surface area contributed by atoms with Crippen molar-refractivity contribution in [3.8, 4) is 11.5 Å². The molecule has 0 radical (unpaired) electrons. The van der Waals surface area contributed by atoms with Crippen molar-refractivity contribution in [2.75, 3.05) is 18.7 Å². The number of carbonyl (C=O) groups excluding carboxylic acids is 2. The number of nitrogens with two attached hydrogens (primary N) is 1. The number of benzene rings is 2. The van der Waals surface area contributed by atoms with Crippen LogP contribution in [-0.2, 0) is 9.59 Å². The normalized spacial score (nSPS) is 14.6. The lowest BCUT2D eigenvalue weighted by Crippen LogP contribution is -2.21. The van der Waals surface area contributed by atoms with Crippen LogP contribution in [0, 0.1) is 0 Å². The third-order valence-electron chi connectivity index (χ3n) is 4.31. The molecule has 154 valence electrons. The maximum atomic E-state index is 12.9. The van der Waals surface area contributed by atoms with Gasteiger partial charge in [-0.05, 0) is 55.0 Å². The number of carboxylic acids is 1. The summed E-state index contributed by atoms with van der Waals surface area (Å²) < 4.78 is 10.4. The summed E-state index contributed by atoms with van der Waals surface area (Å²) >= 11 is 0. The first kappa shape index (κ1) is 20.6. The molecule has 0 bridgehead atoms. The van der Waals surface area contributed by atoms with Crippen LogP contribution in [0.5, 0.6) is 11.5 Å². The van der Waals surface area contributed by atoms with Crippen LogP contribution in [0.25, 0.3) is 6.08 Å². The number of methoxy groups -OCH3 is 1. The summed E-state index contributed by atoms with van der Waals surface area (Å²) in [6, 6.07) is 11.1. The number of anilines is 1. The predicted octanol–water partition coefficient (Wildman–Crippen LogP) is 2.06. The van der Waals surface area contributed by atoms with Gasteiger partial charge >= 0.3 is 5.97 Å². The second-order valence-electron chi connectivity index (χ2n) is 6.36. The molecule has 0 saturated heterocycles. The monoisotopic (exact) mass is 409 g/mol. The van der Waals surface area contributed by atoms with Crippen LogP contribution in [0.15, 0.2) is 53.1 Å². The molecule has 3 rings (SSSR count). The molecular formula is C21H19N3O6. The molecule has 2 aromatic carbocycles. The van der Waals surface area contributed by atoms with Gasteiger partial charge in [0.1, 0.15) is 0 Å². The number of primary amides is 1. The van der Waals surface area contributed by atoms with Crippen molar-refractivity contribution in [2.45, 2.75) is 6.92 Å². The minimum Gasteiger partial charge on any atom is -0.493 e. The number of hydrogen-bond acceptors (Lipinski definition) is 6. The average Bonchev–Trinajstić information content (AvgIpc) is 3.00. The van der Waals surface area contributed by atoms with Crippen molar-refractivity contribution in [3.05, 3.63) is 59.2 Å². The molecule has 1 aliphatic rings. The molecule has 3 N–H and O–H groups in total. The molecule has 9 nitrogen and oxygen atoms in total. The number of hydrazone groups is 1. The highest BCUT2D eigenvalue weighted by molar-refractivity contribution is 6.32. The third-order valence-corrected chi connectivity index (χ3v) is 4.31.